The summed E-state index contributed by atoms with van der Waals surface area (Å²) >= 11 is 7.11. The summed E-state index contributed by atoms with van der Waals surface area (Å²) in [4.78, 5) is 5.04. The van der Waals surface area contributed by atoms with Gasteiger partial charge in [0.25, 0.3) is 0 Å². The minimum absolute atomic E-state index is 0.0210. The molecule has 0 radical (unpaired) electrons. The standard InChI is InChI=1S/C13H14ClFN2O2S2/c1-8-13(20-9(2)16-8)7-17(21(3,18)19)12-5-4-10(14)6-11(12)15/h4-6H,7H2,1-3H3. The SMILES string of the molecule is Cc1nc(C)c(CN(c2ccc(Cl)cc2F)S(C)(=O)=O)s1. The Kier molecular flexibility index (Phi) is 4.55. The van der Waals surface area contributed by atoms with Gasteiger partial charge in [-0.2, -0.15) is 0 Å². The van der Waals surface area contributed by atoms with E-state index >= 15 is 0 Å². The molecular formula is C13H14ClFN2O2S2. The molecule has 8 heteroatoms. The smallest absolute Gasteiger partial charge is 0.232 e. The molecule has 1 heterocycles. The van der Waals surface area contributed by atoms with Gasteiger partial charge in [-0.05, 0) is 32.0 Å². The van der Waals surface area contributed by atoms with E-state index in [1.165, 1.54) is 23.5 Å². The van der Waals surface area contributed by atoms with E-state index in [-0.39, 0.29) is 17.3 Å². The number of thiazole rings is 1. The number of aryl methyl sites for hydroxylation is 2. The maximum absolute atomic E-state index is 14.0. The van der Waals surface area contributed by atoms with Gasteiger partial charge in [0, 0.05) is 9.90 Å². The molecule has 0 spiro atoms. The second-order valence-electron chi connectivity index (χ2n) is 4.61. The summed E-state index contributed by atoms with van der Waals surface area (Å²) in [5.74, 6) is -0.674. The van der Waals surface area contributed by atoms with Crippen LogP contribution in [0.25, 0.3) is 0 Å². The summed E-state index contributed by atoms with van der Waals surface area (Å²) in [5.41, 5.74) is 0.730. The maximum atomic E-state index is 14.0. The van der Waals surface area contributed by atoms with Gasteiger partial charge in [0.1, 0.15) is 5.82 Å². The molecular weight excluding hydrogens is 335 g/mol. The molecule has 0 saturated carbocycles. The lowest BCUT2D eigenvalue weighted by atomic mass is 10.3. The molecule has 2 rings (SSSR count). The van der Waals surface area contributed by atoms with Crippen molar-refractivity contribution in [2.24, 2.45) is 0 Å². The van der Waals surface area contributed by atoms with Crippen molar-refractivity contribution in [2.75, 3.05) is 10.6 Å². The largest absolute Gasteiger partial charge is 0.262 e. The molecule has 2 aromatic rings. The number of rotatable bonds is 4. The first-order chi connectivity index (χ1) is 9.68. The highest BCUT2D eigenvalue weighted by molar-refractivity contribution is 7.92. The van der Waals surface area contributed by atoms with Crippen LogP contribution in [0.15, 0.2) is 18.2 Å². The normalized spacial score (nSPS) is 11.7. The Morgan fingerprint density at radius 1 is 1.38 bits per heavy atom. The van der Waals surface area contributed by atoms with Crippen molar-refractivity contribution >= 4 is 38.6 Å². The van der Waals surface area contributed by atoms with Crippen molar-refractivity contribution < 1.29 is 12.8 Å². The Bertz CT molecular complexity index is 774. The number of anilines is 1. The van der Waals surface area contributed by atoms with Crippen LogP contribution in [0.1, 0.15) is 15.6 Å². The van der Waals surface area contributed by atoms with Gasteiger partial charge >= 0.3 is 0 Å². The fourth-order valence-electron chi connectivity index (χ4n) is 1.92. The van der Waals surface area contributed by atoms with Gasteiger partial charge in [0.15, 0.2) is 0 Å². The molecule has 114 valence electrons. The number of aromatic nitrogens is 1. The molecule has 0 bridgehead atoms. The van der Waals surface area contributed by atoms with Crippen LogP contribution in [0.4, 0.5) is 10.1 Å². The van der Waals surface area contributed by atoms with Crippen LogP contribution in [0.2, 0.25) is 5.02 Å². The van der Waals surface area contributed by atoms with Gasteiger partial charge in [-0.15, -0.1) is 11.3 Å². The third kappa shape index (κ3) is 3.72. The average Bonchev–Trinajstić information content (AvgIpc) is 2.64. The molecule has 21 heavy (non-hydrogen) atoms. The number of nitrogens with zero attached hydrogens (tertiary/aromatic N) is 2. The lowest BCUT2D eigenvalue weighted by Gasteiger charge is -2.22. The van der Waals surface area contributed by atoms with Gasteiger partial charge in [-0.25, -0.2) is 17.8 Å². The van der Waals surface area contributed by atoms with Crippen molar-refractivity contribution in [3.63, 3.8) is 0 Å². The Morgan fingerprint density at radius 3 is 2.52 bits per heavy atom. The Balaban J connectivity index is 2.47. The number of sulfonamides is 1. The molecule has 0 saturated heterocycles. The lowest BCUT2D eigenvalue weighted by molar-refractivity contribution is 0.590. The molecule has 1 aromatic carbocycles. The van der Waals surface area contributed by atoms with Crippen LogP contribution in [-0.2, 0) is 16.6 Å². The highest BCUT2D eigenvalue weighted by Gasteiger charge is 2.23. The topological polar surface area (TPSA) is 50.3 Å². The molecule has 0 atom stereocenters. The highest BCUT2D eigenvalue weighted by Crippen LogP contribution is 2.28. The quantitative estimate of drug-likeness (QED) is 0.849. The Morgan fingerprint density at radius 2 is 2.05 bits per heavy atom. The second-order valence-corrected chi connectivity index (χ2v) is 8.24. The Hall–Kier alpha value is -1.18. The molecule has 1 aromatic heterocycles. The predicted molar refractivity (Wildman–Crippen MR) is 84.0 cm³/mol. The average molecular weight is 349 g/mol. The monoisotopic (exact) mass is 348 g/mol. The molecule has 0 fully saturated rings. The van der Waals surface area contributed by atoms with E-state index in [1.54, 1.807) is 6.92 Å². The zero-order chi connectivity index (χ0) is 15.8. The van der Waals surface area contributed by atoms with Crippen molar-refractivity contribution in [3.8, 4) is 0 Å². The van der Waals surface area contributed by atoms with E-state index < -0.39 is 15.8 Å². The van der Waals surface area contributed by atoms with E-state index in [0.29, 0.717) is 0 Å². The highest BCUT2D eigenvalue weighted by atomic mass is 35.5. The summed E-state index contributed by atoms with van der Waals surface area (Å²) in [6.07, 6.45) is 1.05. The lowest BCUT2D eigenvalue weighted by Crippen LogP contribution is -2.30. The maximum Gasteiger partial charge on any atom is 0.232 e. The predicted octanol–water partition coefficient (Wildman–Crippen LogP) is 3.52. The minimum Gasteiger partial charge on any atom is -0.262 e. The molecule has 0 aliphatic heterocycles. The van der Waals surface area contributed by atoms with Gasteiger partial charge in [0.05, 0.1) is 29.2 Å². The van der Waals surface area contributed by atoms with Crippen molar-refractivity contribution in [3.05, 3.63) is 44.6 Å². The number of benzene rings is 1. The first-order valence-electron chi connectivity index (χ1n) is 6.04. The summed E-state index contributed by atoms with van der Waals surface area (Å²) < 4.78 is 39.1. The van der Waals surface area contributed by atoms with E-state index in [0.717, 1.165) is 32.2 Å². The summed E-state index contributed by atoms with van der Waals surface area (Å²) in [6, 6.07) is 3.92. The van der Waals surface area contributed by atoms with E-state index in [9.17, 15) is 12.8 Å². The Labute approximate surface area is 132 Å². The van der Waals surface area contributed by atoms with Gasteiger partial charge in [0.2, 0.25) is 10.0 Å². The second kappa shape index (κ2) is 5.90. The third-order valence-corrected chi connectivity index (χ3v) is 5.28. The number of hydrogen-bond acceptors (Lipinski definition) is 4. The fraction of sp³-hybridized carbons (Fsp3) is 0.308. The van der Waals surface area contributed by atoms with E-state index in [4.69, 9.17) is 11.6 Å². The molecule has 0 aliphatic carbocycles. The number of halogens is 2. The zero-order valence-electron chi connectivity index (χ0n) is 11.7. The van der Waals surface area contributed by atoms with Crippen molar-refractivity contribution in [1.29, 1.82) is 0 Å². The van der Waals surface area contributed by atoms with Crippen LogP contribution in [0.3, 0.4) is 0 Å². The van der Waals surface area contributed by atoms with E-state index in [2.05, 4.69) is 4.98 Å². The van der Waals surface area contributed by atoms with Crippen LogP contribution in [-0.4, -0.2) is 19.7 Å². The van der Waals surface area contributed by atoms with Crippen LogP contribution < -0.4 is 4.31 Å². The van der Waals surface area contributed by atoms with Crippen molar-refractivity contribution in [1.82, 2.24) is 4.98 Å². The van der Waals surface area contributed by atoms with Crippen molar-refractivity contribution in [2.45, 2.75) is 20.4 Å². The molecule has 0 amide bonds. The molecule has 4 nitrogen and oxygen atoms in total. The molecule has 0 unspecified atom stereocenters. The third-order valence-electron chi connectivity index (χ3n) is 2.87. The minimum atomic E-state index is -3.63. The first kappa shape index (κ1) is 16.2. The summed E-state index contributed by atoms with van der Waals surface area (Å²) in [6.45, 7) is 3.70. The van der Waals surface area contributed by atoms with Gasteiger partial charge in [-0.1, -0.05) is 11.6 Å². The molecule has 0 aliphatic rings. The fourth-order valence-corrected chi connectivity index (χ4v) is 3.95. The summed E-state index contributed by atoms with van der Waals surface area (Å²) in [5, 5.41) is 1.06. The van der Waals surface area contributed by atoms with Gasteiger partial charge < -0.3 is 0 Å². The van der Waals surface area contributed by atoms with Crippen LogP contribution in [0, 0.1) is 19.7 Å². The summed E-state index contributed by atoms with van der Waals surface area (Å²) in [7, 11) is -3.63. The van der Waals surface area contributed by atoms with E-state index in [1.807, 2.05) is 6.92 Å². The van der Waals surface area contributed by atoms with Crippen LogP contribution in [0.5, 0.6) is 0 Å². The van der Waals surface area contributed by atoms with Crippen LogP contribution >= 0.6 is 22.9 Å². The van der Waals surface area contributed by atoms with Gasteiger partial charge in [-0.3, -0.25) is 4.31 Å². The first-order valence-corrected chi connectivity index (χ1v) is 9.08. The molecule has 0 N–H and O–H groups in total. The zero-order valence-corrected chi connectivity index (χ0v) is 14.1. The number of hydrogen-bond donors (Lipinski definition) is 0.